The molecule has 0 aromatic heterocycles. The summed E-state index contributed by atoms with van der Waals surface area (Å²) in [4.78, 5) is 11.5. The van der Waals surface area contributed by atoms with Crippen LogP contribution < -0.4 is 10.6 Å². The molecule has 0 radical (unpaired) electrons. The van der Waals surface area contributed by atoms with E-state index >= 15 is 0 Å². The van der Waals surface area contributed by atoms with E-state index in [9.17, 15) is 4.79 Å². The van der Waals surface area contributed by atoms with Crippen molar-refractivity contribution in [2.45, 2.75) is 32.7 Å². The molecule has 0 aliphatic carbocycles. The van der Waals surface area contributed by atoms with Gasteiger partial charge in [0.15, 0.2) is 0 Å². The first kappa shape index (κ1) is 15.0. The molecule has 0 saturated heterocycles. The van der Waals surface area contributed by atoms with Gasteiger partial charge in [-0.25, -0.2) is 0 Å². The second-order valence-electron chi connectivity index (χ2n) is 4.59. The van der Waals surface area contributed by atoms with E-state index in [0.717, 1.165) is 23.6 Å². The molecule has 0 saturated carbocycles. The van der Waals surface area contributed by atoms with E-state index in [1.165, 1.54) is 0 Å². The Bertz CT molecular complexity index is 380. The number of carbonyl (C=O) groups excluding carboxylic acids is 1. The molecule has 0 bridgehead atoms. The van der Waals surface area contributed by atoms with Crippen LogP contribution in [0.25, 0.3) is 0 Å². The average Bonchev–Trinajstić information content (AvgIpc) is 2.28. The van der Waals surface area contributed by atoms with E-state index in [1.807, 2.05) is 24.3 Å². The SMILES string of the molecule is CC(C)NCCC(=O)NCCc1cccc(Cl)c1. The highest BCUT2D eigenvalue weighted by molar-refractivity contribution is 6.30. The number of hydrogen-bond donors (Lipinski definition) is 2. The van der Waals surface area contributed by atoms with Gasteiger partial charge in [-0.15, -0.1) is 0 Å². The minimum absolute atomic E-state index is 0.0881. The molecule has 1 rings (SSSR count). The number of halogens is 1. The van der Waals surface area contributed by atoms with Crippen molar-refractivity contribution in [3.8, 4) is 0 Å². The van der Waals surface area contributed by atoms with Gasteiger partial charge in [0.25, 0.3) is 0 Å². The van der Waals surface area contributed by atoms with E-state index in [2.05, 4.69) is 24.5 Å². The van der Waals surface area contributed by atoms with Gasteiger partial charge in [0, 0.05) is 30.6 Å². The molecule has 0 heterocycles. The third-order valence-electron chi connectivity index (χ3n) is 2.53. The summed E-state index contributed by atoms with van der Waals surface area (Å²) in [5.41, 5.74) is 1.14. The molecule has 4 heteroatoms. The summed E-state index contributed by atoms with van der Waals surface area (Å²) in [6.07, 6.45) is 1.33. The highest BCUT2D eigenvalue weighted by Gasteiger charge is 2.01. The van der Waals surface area contributed by atoms with Crippen LogP contribution in [0.1, 0.15) is 25.8 Å². The fourth-order valence-electron chi connectivity index (χ4n) is 1.60. The summed E-state index contributed by atoms with van der Waals surface area (Å²) < 4.78 is 0. The first-order chi connectivity index (χ1) is 8.58. The Morgan fingerprint density at radius 2 is 2.11 bits per heavy atom. The van der Waals surface area contributed by atoms with Gasteiger partial charge in [-0.05, 0) is 24.1 Å². The first-order valence-corrected chi connectivity index (χ1v) is 6.70. The quantitative estimate of drug-likeness (QED) is 0.797. The average molecular weight is 269 g/mol. The Kier molecular flexibility index (Phi) is 6.76. The predicted molar refractivity (Wildman–Crippen MR) is 75.9 cm³/mol. The summed E-state index contributed by atoms with van der Waals surface area (Å²) in [7, 11) is 0. The smallest absolute Gasteiger partial charge is 0.221 e. The second kappa shape index (κ2) is 8.11. The van der Waals surface area contributed by atoms with Crippen LogP contribution in [0.4, 0.5) is 0 Å². The van der Waals surface area contributed by atoms with E-state index in [0.29, 0.717) is 19.0 Å². The van der Waals surface area contributed by atoms with Gasteiger partial charge in [-0.3, -0.25) is 4.79 Å². The van der Waals surface area contributed by atoms with Crippen molar-refractivity contribution in [3.63, 3.8) is 0 Å². The third-order valence-corrected chi connectivity index (χ3v) is 2.76. The predicted octanol–water partition coefficient (Wildman–Crippen LogP) is 2.39. The van der Waals surface area contributed by atoms with Crippen LogP contribution in [0.5, 0.6) is 0 Å². The van der Waals surface area contributed by atoms with Crippen LogP contribution in [0, 0.1) is 0 Å². The maximum atomic E-state index is 11.5. The van der Waals surface area contributed by atoms with Crippen LogP contribution in [0.3, 0.4) is 0 Å². The number of rotatable bonds is 7. The Morgan fingerprint density at radius 3 is 2.78 bits per heavy atom. The minimum Gasteiger partial charge on any atom is -0.356 e. The molecule has 100 valence electrons. The first-order valence-electron chi connectivity index (χ1n) is 6.32. The van der Waals surface area contributed by atoms with Gasteiger partial charge < -0.3 is 10.6 Å². The number of carbonyl (C=O) groups is 1. The van der Waals surface area contributed by atoms with Gasteiger partial charge in [0.1, 0.15) is 0 Å². The number of amides is 1. The molecule has 0 unspecified atom stereocenters. The van der Waals surface area contributed by atoms with Crippen molar-refractivity contribution in [1.82, 2.24) is 10.6 Å². The van der Waals surface area contributed by atoms with Crippen molar-refractivity contribution in [2.24, 2.45) is 0 Å². The number of nitrogens with one attached hydrogen (secondary N) is 2. The zero-order valence-electron chi connectivity index (χ0n) is 11.0. The maximum Gasteiger partial charge on any atom is 0.221 e. The van der Waals surface area contributed by atoms with Crippen LogP contribution >= 0.6 is 11.6 Å². The lowest BCUT2D eigenvalue weighted by molar-refractivity contribution is -0.120. The van der Waals surface area contributed by atoms with E-state index in [-0.39, 0.29) is 5.91 Å². The lowest BCUT2D eigenvalue weighted by Gasteiger charge is -2.08. The topological polar surface area (TPSA) is 41.1 Å². The zero-order valence-corrected chi connectivity index (χ0v) is 11.8. The lowest BCUT2D eigenvalue weighted by Crippen LogP contribution is -2.31. The van der Waals surface area contributed by atoms with Gasteiger partial charge in [0.05, 0.1) is 0 Å². The largest absolute Gasteiger partial charge is 0.356 e. The Balaban J connectivity index is 2.15. The molecule has 1 amide bonds. The maximum absolute atomic E-state index is 11.5. The summed E-state index contributed by atoms with van der Waals surface area (Å²) in [5.74, 6) is 0.0881. The molecule has 0 fully saturated rings. The Morgan fingerprint density at radius 1 is 1.33 bits per heavy atom. The number of benzene rings is 1. The van der Waals surface area contributed by atoms with E-state index in [1.54, 1.807) is 0 Å². The van der Waals surface area contributed by atoms with Gasteiger partial charge >= 0.3 is 0 Å². The molecule has 0 aliphatic rings. The van der Waals surface area contributed by atoms with Gasteiger partial charge in [-0.1, -0.05) is 37.6 Å². The molecule has 18 heavy (non-hydrogen) atoms. The van der Waals surface area contributed by atoms with Gasteiger partial charge in [0.2, 0.25) is 5.91 Å². The fraction of sp³-hybridized carbons (Fsp3) is 0.500. The molecular weight excluding hydrogens is 248 g/mol. The fourth-order valence-corrected chi connectivity index (χ4v) is 1.81. The Labute approximate surface area is 114 Å². The van der Waals surface area contributed by atoms with Crippen molar-refractivity contribution >= 4 is 17.5 Å². The van der Waals surface area contributed by atoms with Crippen molar-refractivity contribution in [2.75, 3.05) is 13.1 Å². The van der Waals surface area contributed by atoms with Crippen LogP contribution in [-0.4, -0.2) is 25.0 Å². The third kappa shape index (κ3) is 6.62. The lowest BCUT2D eigenvalue weighted by atomic mass is 10.1. The summed E-state index contributed by atoms with van der Waals surface area (Å²) in [6, 6.07) is 8.13. The van der Waals surface area contributed by atoms with Gasteiger partial charge in [-0.2, -0.15) is 0 Å². The molecule has 1 aromatic carbocycles. The van der Waals surface area contributed by atoms with E-state index in [4.69, 9.17) is 11.6 Å². The van der Waals surface area contributed by atoms with Crippen molar-refractivity contribution < 1.29 is 4.79 Å². The standard InChI is InChI=1S/C14H21ClN2O/c1-11(2)16-9-7-14(18)17-8-6-12-4-3-5-13(15)10-12/h3-5,10-11,16H,6-9H2,1-2H3,(H,17,18). The summed E-state index contributed by atoms with van der Waals surface area (Å²) in [6.45, 7) is 5.51. The monoisotopic (exact) mass is 268 g/mol. The molecule has 1 aromatic rings. The highest BCUT2D eigenvalue weighted by Crippen LogP contribution is 2.10. The van der Waals surface area contributed by atoms with Crippen LogP contribution in [0.15, 0.2) is 24.3 Å². The molecule has 0 spiro atoms. The molecule has 0 atom stereocenters. The van der Waals surface area contributed by atoms with Crippen LogP contribution in [0.2, 0.25) is 5.02 Å². The molecular formula is C14H21ClN2O. The summed E-state index contributed by atoms with van der Waals surface area (Å²) >= 11 is 5.89. The van der Waals surface area contributed by atoms with Crippen LogP contribution in [-0.2, 0) is 11.2 Å². The Hall–Kier alpha value is -1.06. The van der Waals surface area contributed by atoms with Crippen molar-refractivity contribution in [1.29, 1.82) is 0 Å². The molecule has 3 nitrogen and oxygen atoms in total. The zero-order chi connectivity index (χ0) is 13.4. The van der Waals surface area contributed by atoms with Crippen molar-refractivity contribution in [3.05, 3.63) is 34.9 Å². The normalized spacial score (nSPS) is 10.7. The highest BCUT2D eigenvalue weighted by atomic mass is 35.5. The molecule has 2 N–H and O–H groups in total. The van der Waals surface area contributed by atoms with E-state index < -0.39 is 0 Å². The second-order valence-corrected chi connectivity index (χ2v) is 5.03. The molecule has 0 aliphatic heterocycles. The minimum atomic E-state index is 0.0881. The summed E-state index contributed by atoms with van der Waals surface area (Å²) in [5, 5.41) is 6.85. The number of hydrogen-bond acceptors (Lipinski definition) is 2.